The van der Waals surface area contributed by atoms with Crippen molar-refractivity contribution in [2.75, 3.05) is 10.2 Å². The van der Waals surface area contributed by atoms with Gasteiger partial charge in [-0.05, 0) is 90.2 Å². The number of hydrogen-bond acceptors (Lipinski definition) is 2. The van der Waals surface area contributed by atoms with Gasteiger partial charge in [-0.15, -0.1) is 0 Å². The molecule has 4 heteroatoms. The molecule has 1 aliphatic rings. The maximum Gasteiger partial charge on any atom is 0.197 e. The topological polar surface area (TPSA) is 20.2 Å². The minimum Gasteiger partial charge on any atom is -0.355 e. The van der Waals surface area contributed by atoms with Gasteiger partial charge in [0.1, 0.15) is 0 Å². The average Bonchev–Trinajstić information content (AvgIpc) is 3.46. The van der Waals surface area contributed by atoms with Gasteiger partial charge in [0.25, 0.3) is 0 Å². The van der Waals surface area contributed by atoms with Crippen LogP contribution in [-0.2, 0) is 0 Å². The smallest absolute Gasteiger partial charge is 0.197 e. The van der Waals surface area contributed by atoms with Crippen molar-refractivity contribution in [2.24, 2.45) is 0 Å². The maximum absolute atomic E-state index is 3.77. The molecular formula is C43H31BN3. The molecule has 1 radical (unpaired) electrons. The normalized spacial score (nSPS) is 11.7. The Morgan fingerprint density at radius 3 is 1.96 bits per heavy atom. The van der Waals surface area contributed by atoms with Crippen LogP contribution in [0.25, 0.3) is 38.6 Å². The molecule has 0 unspecified atom stereocenters. The number of fused-ring (bicyclic) bond motifs is 5. The highest BCUT2D eigenvalue weighted by atomic mass is 15.1. The van der Waals surface area contributed by atoms with Crippen molar-refractivity contribution in [3.8, 4) is 16.8 Å². The minimum atomic E-state index is 1.05. The summed E-state index contributed by atoms with van der Waals surface area (Å²) in [5.74, 6) is 0. The van der Waals surface area contributed by atoms with Gasteiger partial charge in [0.05, 0.1) is 5.52 Å². The summed E-state index contributed by atoms with van der Waals surface area (Å²) in [4.78, 5) is 2.33. The first-order valence-electron chi connectivity index (χ1n) is 16.1. The lowest BCUT2D eigenvalue weighted by Crippen LogP contribution is -2.37. The van der Waals surface area contributed by atoms with Gasteiger partial charge in [0, 0.05) is 56.0 Å². The predicted molar refractivity (Wildman–Crippen MR) is 200 cm³/mol. The Morgan fingerprint density at radius 2 is 1.21 bits per heavy atom. The number of nitrogens with zero attached hydrogens (tertiary/aromatic N) is 2. The number of nitrogens with one attached hydrogen (secondary N) is 1. The van der Waals surface area contributed by atoms with E-state index in [1.807, 2.05) is 0 Å². The van der Waals surface area contributed by atoms with Crippen LogP contribution in [0, 0.1) is 6.92 Å². The summed E-state index contributed by atoms with van der Waals surface area (Å²) < 4.78 is 2.47. The Morgan fingerprint density at radius 1 is 0.553 bits per heavy atom. The fourth-order valence-electron chi connectivity index (χ4n) is 7.19. The van der Waals surface area contributed by atoms with Gasteiger partial charge in [-0.1, -0.05) is 103 Å². The van der Waals surface area contributed by atoms with Crippen LogP contribution in [0.5, 0.6) is 0 Å². The van der Waals surface area contributed by atoms with E-state index in [9.17, 15) is 0 Å². The summed E-state index contributed by atoms with van der Waals surface area (Å²) in [6.45, 7) is 2.21. The van der Waals surface area contributed by atoms with E-state index in [0.717, 1.165) is 34.0 Å². The summed E-state index contributed by atoms with van der Waals surface area (Å²) in [5.41, 5.74) is 15.2. The van der Waals surface area contributed by atoms with E-state index in [2.05, 4.69) is 193 Å². The Labute approximate surface area is 275 Å². The summed E-state index contributed by atoms with van der Waals surface area (Å²) in [7, 11) is 2.39. The number of para-hydroxylation sites is 5. The number of aromatic nitrogens is 1. The van der Waals surface area contributed by atoms with Crippen LogP contribution >= 0.6 is 0 Å². The lowest BCUT2D eigenvalue weighted by Gasteiger charge is -2.28. The third-order valence-corrected chi connectivity index (χ3v) is 9.20. The predicted octanol–water partition coefficient (Wildman–Crippen LogP) is 9.94. The Kier molecular flexibility index (Phi) is 6.46. The zero-order valence-electron chi connectivity index (χ0n) is 26.1. The zero-order chi connectivity index (χ0) is 31.3. The van der Waals surface area contributed by atoms with Crippen LogP contribution in [0.3, 0.4) is 0 Å². The van der Waals surface area contributed by atoms with Crippen molar-refractivity contribution in [3.63, 3.8) is 0 Å². The second-order valence-electron chi connectivity index (χ2n) is 12.2. The van der Waals surface area contributed by atoms with Gasteiger partial charge < -0.3 is 14.8 Å². The van der Waals surface area contributed by atoms with Crippen molar-refractivity contribution >= 4 is 68.4 Å². The SMILES string of the molecule is Cc1cc(-c2cc(N(c3ccccc3)c3ccccc3)ccc2Nc2ccccc2)c2c(c1)-n1c3ccccc3c3cccc(c31)[B]2. The van der Waals surface area contributed by atoms with E-state index in [1.165, 1.54) is 49.5 Å². The molecule has 0 aliphatic carbocycles. The van der Waals surface area contributed by atoms with E-state index in [4.69, 9.17) is 0 Å². The second-order valence-corrected chi connectivity index (χ2v) is 12.2. The standard InChI is InChI=1S/C43H31BN3/c1-29-26-37(42-41(27-29)47-40-23-12-11-20-34(40)35-21-13-22-38(44-42)43(35)47)36-28-33(24-25-39(36)45-30-14-5-2-6-15-30)46(31-16-7-3-8-17-31)32-18-9-4-10-19-32/h2-28,45H,1H3. The van der Waals surface area contributed by atoms with Gasteiger partial charge in [-0.3, -0.25) is 0 Å². The lowest BCUT2D eigenvalue weighted by atomic mass is 9.59. The fourth-order valence-corrected chi connectivity index (χ4v) is 7.19. The number of hydrogen-bond donors (Lipinski definition) is 1. The van der Waals surface area contributed by atoms with Crippen LogP contribution in [0.1, 0.15) is 5.56 Å². The van der Waals surface area contributed by atoms with E-state index in [-0.39, 0.29) is 0 Å². The van der Waals surface area contributed by atoms with Crippen molar-refractivity contribution in [2.45, 2.75) is 6.92 Å². The summed E-state index contributed by atoms with van der Waals surface area (Å²) >= 11 is 0. The van der Waals surface area contributed by atoms with E-state index >= 15 is 0 Å². The first-order chi connectivity index (χ1) is 23.2. The number of rotatable bonds is 6. The van der Waals surface area contributed by atoms with Crippen LogP contribution in [0.4, 0.5) is 28.4 Å². The number of benzene rings is 7. The molecule has 9 rings (SSSR count). The van der Waals surface area contributed by atoms with Gasteiger partial charge >= 0.3 is 0 Å². The Hall–Kier alpha value is -6.00. The summed E-state index contributed by atoms with van der Waals surface area (Å²) in [6, 6.07) is 58.6. The maximum atomic E-state index is 3.77. The molecule has 0 amide bonds. The van der Waals surface area contributed by atoms with E-state index < -0.39 is 0 Å². The minimum absolute atomic E-state index is 1.05. The number of aryl methyl sites for hydroxylation is 1. The quantitative estimate of drug-likeness (QED) is 0.192. The van der Waals surface area contributed by atoms with Crippen molar-refractivity contribution in [3.05, 3.63) is 169 Å². The van der Waals surface area contributed by atoms with Crippen LogP contribution in [0.15, 0.2) is 164 Å². The van der Waals surface area contributed by atoms with Crippen LogP contribution in [0.2, 0.25) is 0 Å². The molecule has 7 aromatic carbocycles. The second kappa shape index (κ2) is 11.1. The lowest BCUT2D eigenvalue weighted by molar-refractivity contribution is 1.18. The molecule has 0 fully saturated rings. The van der Waals surface area contributed by atoms with Gasteiger partial charge in [0.2, 0.25) is 0 Å². The molecule has 1 N–H and O–H groups in total. The summed E-state index contributed by atoms with van der Waals surface area (Å²) in [5, 5.41) is 6.34. The van der Waals surface area contributed by atoms with Gasteiger partial charge in [0.15, 0.2) is 7.28 Å². The molecule has 0 saturated carbocycles. The zero-order valence-corrected chi connectivity index (χ0v) is 26.1. The first-order valence-corrected chi connectivity index (χ1v) is 16.1. The van der Waals surface area contributed by atoms with E-state index in [1.54, 1.807) is 0 Å². The van der Waals surface area contributed by atoms with Crippen molar-refractivity contribution < 1.29 is 0 Å². The molecule has 8 aromatic rings. The molecule has 3 nitrogen and oxygen atoms in total. The Bertz CT molecular complexity index is 2380. The molecule has 1 aromatic heterocycles. The fraction of sp³-hybridized carbons (Fsp3) is 0.0233. The summed E-state index contributed by atoms with van der Waals surface area (Å²) in [6.07, 6.45) is 0. The highest BCUT2D eigenvalue weighted by molar-refractivity contribution is 6.73. The van der Waals surface area contributed by atoms with Crippen LogP contribution < -0.4 is 21.1 Å². The average molecular weight is 601 g/mol. The monoisotopic (exact) mass is 600 g/mol. The Balaban J connectivity index is 1.31. The first kappa shape index (κ1) is 27.3. The van der Waals surface area contributed by atoms with Crippen molar-refractivity contribution in [1.82, 2.24) is 4.57 Å². The van der Waals surface area contributed by atoms with Gasteiger partial charge in [-0.25, -0.2) is 0 Å². The molecule has 0 bridgehead atoms. The molecule has 0 saturated heterocycles. The molecule has 47 heavy (non-hydrogen) atoms. The molecule has 221 valence electrons. The molecule has 2 heterocycles. The largest absolute Gasteiger partial charge is 0.355 e. The molecule has 0 spiro atoms. The highest BCUT2D eigenvalue weighted by Crippen LogP contribution is 2.41. The molecular weight excluding hydrogens is 569 g/mol. The third kappa shape index (κ3) is 4.61. The van der Waals surface area contributed by atoms with Crippen LogP contribution in [-0.4, -0.2) is 11.8 Å². The number of anilines is 5. The van der Waals surface area contributed by atoms with Crippen molar-refractivity contribution in [1.29, 1.82) is 0 Å². The van der Waals surface area contributed by atoms with Gasteiger partial charge in [-0.2, -0.15) is 0 Å². The molecule has 0 atom stereocenters. The molecule has 1 aliphatic heterocycles. The highest BCUT2D eigenvalue weighted by Gasteiger charge is 2.26. The van der Waals surface area contributed by atoms with E-state index in [0.29, 0.717) is 0 Å². The third-order valence-electron chi connectivity index (χ3n) is 9.20.